The molecule has 3 rings (SSSR count). The van der Waals surface area contributed by atoms with Gasteiger partial charge in [0.1, 0.15) is 0 Å². The summed E-state index contributed by atoms with van der Waals surface area (Å²) in [5, 5.41) is 24.2. The SMILES string of the molecule is CC(C)[C@H](NC(=O)c1ccc(Cl)cc1)c1nnc(SCC(=O)Nc2cccc(C(=O)O)c2)n1C. The van der Waals surface area contributed by atoms with E-state index in [9.17, 15) is 14.4 Å². The number of aromatic carboxylic acids is 1. The van der Waals surface area contributed by atoms with Crippen molar-refractivity contribution in [3.8, 4) is 0 Å². The fraction of sp³-hybridized carbons (Fsp3) is 0.261. The number of carboxylic acids is 1. The summed E-state index contributed by atoms with van der Waals surface area (Å²) in [4.78, 5) is 36.1. The lowest BCUT2D eigenvalue weighted by atomic mass is 10.0. The molecule has 3 N–H and O–H groups in total. The van der Waals surface area contributed by atoms with E-state index < -0.39 is 12.0 Å². The van der Waals surface area contributed by atoms with E-state index in [1.165, 1.54) is 23.9 Å². The molecule has 178 valence electrons. The van der Waals surface area contributed by atoms with Crippen LogP contribution in [0.25, 0.3) is 0 Å². The third-order valence-electron chi connectivity index (χ3n) is 4.93. The number of halogens is 1. The van der Waals surface area contributed by atoms with Gasteiger partial charge in [0.25, 0.3) is 5.91 Å². The molecule has 0 aliphatic rings. The van der Waals surface area contributed by atoms with Crippen LogP contribution < -0.4 is 10.6 Å². The smallest absolute Gasteiger partial charge is 0.335 e. The number of carbonyl (C=O) groups excluding carboxylic acids is 2. The van der Waals surface area contributed by atoms with Crippen molar-refractivity contribution in [1.29, 1.82) is 0 Å². The molecule has 34 heavy (non-hydrogen) atoms. The summed E-state index contributed by atoms with van der Waals surface area (Å²) >= 11 is 7.09. The number of hydrogen-bond donors (Lipinski definition) is 3. The predicted molar refractivity (Wildman–Crippen MR) is 130 cm³/mol. The zero-order valence-corrected chi connectivity index (χ0v) is 20.4. The van der Waals surface area contributed by atoms with E-state index in [1.807, 2.05) is 13.8 Å². The van der Waals surface area contributed by atoms with Gasteiger partial charge in [0.05, 0.1) is 17.4 Å². The molecule has 0 bridgehead atoms. The lowest BCUT2D eigenvalue weighted by molar-refractivity contribution is -0.113. The molecule has 1 aromatic heterocycles. The van der Waals surface area contributed by atoms with Gasteiger partial charge in [-0.25, -0.2) is 4.79 Å². The highest BCUT2D eigenvalue weighted by Crippen LogP contribution is 2.25. The van der Waals surface area contributed by atoms with Crippen LogP contribution in [0.5, 0.6) is 0 Å². The van der Waals surface area contributed by atoms with Gasteiger partial charge in [-0.2, -0.15) is 0 Å². The van der Waals surface area contributed by atoms with Gasteiger partial charge in [0.15, 0.2) is 11.0 Å². The quantitative estimate of drug-likeness (QED) is 0.378. The second-order valence-electron chi connectivity index (χ2n) is 7.82. The predicted octanol–water partition coefficient (Wildman–Crippen LogP) is 4.02. The average Bonchev–Trinajstić information content (AvgIpc) is 3.16. The molecule has 9 nitrogen and oxygen atoms in total. The first kappa shape index (κ1) is 25.3. The van der Waals surface area contributed by atoms with E-state index in [2.05, 4.69) is 20.8 Å². The number of amides is 2. The first-order valence-corrected chi connectivity index (χ1v) is 11.7. The van der Waals surface area contributed by atoms with Crippen molar-refractivity contribution in [2.45, 2.75) is 25.0 Å². The summed E-state index contributed by atoms with van der Waals surface area (Å²) in [5.41, 5.74) is 0.966. The van der Waals surface area contributed by atoms with Crippen molar-refractivity contribution in [3.63, 3.8) is 0 Å². The molecule has 2 aromatic carbocycles. The van der Waals surface area contributed by atoms with E-state index in [1.54, 1.807) is 48.0 Å². The van der Waals surface area contributed by atoms with Crippen LogP contribution in [0, 0.1) is 5.92 Å². The largest absolute Gasteiger partial charge is 0.478 e. The second kappa shape index (κ2) is 11.2. The Labute approximate surface area is 205 Å². The number of carboxylic acid groups (broad SMARTS) is 1. The standard InChI is InChI=1S/C23H24ClN5O4S/c1-13(2)19(26-21(31)14-7-9-16(24)10-8-14)20-27-28-23(29(20)3)34-12-18(30)25-17-6-4-5-15(11-17)22(32)33/h4-11,13,19H,12H2,1-3H3,(H,25,30)(H,26,31)(H,32,33)/t19-/m0/s1. The Morgan fingerprint density at radius 2 is 1.79 bits per heavy atom. The lowest BCUT2D eigenvalue weighted by Crippen LogP contribution is -2.33. The zero-order valence-electron chi connectivity index (χ0n) is 18.8. The molecule has 1 heterocycles. The Hall–Kier alpha value is -3.37. The van der Waals surface area contributed by atoms with E-state index in [0.29, 0.717) is 27.3 Å². The average molecular weight is 502 g/mol. The van der Waals surface area contributed by atoms with Crippen molar-refractivity contribution in [3.05, 3.63) is 70.5 Å². The van der Waals surface area contributed by atoms with Crippen LogP contribution in [0.4, 0.5) is 5.69 Å². The first-order valence-electron chi connectivity index (χ1n) is 10.4. The van der Waals surface area contributed by atoms with Gasteiger partial charge in [-0.15, -0.1) is 10.2 Å². The summed E-state index contributed by atoms with van der Waals surface area (Å²) < 4.78 is 1.75. The fourth-order valence-electron chi connectivity index (χ4n) is 3.14. The molecule has 2 amide bonds. The highest BCUT2D eigenvalue weighted by Gasteiger charge is 2.25. The molecule has 0 aliphatic carbocycles. The molecular formula is C23H24ClN5O4S. The Morgan fingerprint density at radius 3 is 2.44 bits per heavy atom. The molecule has 0 fully saturated rings. The molecule has 0 spiro atoms. The first-order chi connectivity index (χ1) is 16.2. The number of nitrogens with one attached hydrogen (secondary N) is 2. The van der Waals surface area contributed by atoms with E-state index >= 15 is 0 Å². The summed E-state index contributed by atoms with van der Waals surface area (Å²) in [6.07, 6.45) is 0. The number of aromatic nitrogens is 3. The minimum absolute atomic E-state index is 0.0295. The monoisotopic (exact) mass is 501 g/mol. The van der Waals surface area contributed by atoms with Gasteiger partial charge in [-0.1, -0.05) is 43.3 Å². The second-order valence-corrected chi connectivity index (χ2v) is 9.20. The highest BCUT2D eigenvalue weighted by molar-refractivity contribution is 7.99. The van der Waals surface area contributed by atoms with E-state index in [0.717, 1.165) is 0 Å². The molecule has 0 saturated carbocycles. The van der Waals surface area contributed by atoms with Crippen LogP contribution in [0.15, 0.2) is 53.7 Å². The topological polar surface area (TPSA) is 126 Å². The number of nitrogens with zero attached hydrogens (tertiary/aromatic N) is 3. The molecule has 11 heteroatoms. The van der Waals surface area contributed by atoms with Crippen LogP contribution in [0.3, 0.4) is 0 Å². The number of benzene rings is 2. The highest BCUT2D eigenvalue weighted by atomic mass is 35.5. The number of hydrogen-bond acceptors (Lipinski definition) is 6. The van der Waals surface area contributed by atoms with Crippen LogP contribution in [-0.4, -0.2) is 43.4 Å². The van der Waals surface area contributed by atoms with Crippen LogP contribution in [0.1, 0.15) is 46.4 Å². The van der Waals surface area contributed by atoms with E-state index in [-0.39, 0.29) is 29.0 Å². The van der Waals surface area contributed by atoms with Crippen molar-refractivity contribution in [2.24, 2.45) is 13.0 Å². The lowest BCUT2D eigenvalue weighted by Gasteiger charge is -2.21. The van der Waals surface area contributed by atoms with Crippen LogP contribution >= 0.6 is 23.4 Å². The Morgan fingerprint density at radius 1 is 1.09 bits per heavy atom. The molecule has 1 atom stereocenters. The maximum Gasteiger partial charge on any atom is 0.335 e. The van der Waals surface area contributed by atoms with Gasteiger partial charge in [0.2, 0.25) is 5.91 Å². The molecule has 0 aliphatic heterocycles. The summed E-state index contributed by atoms with van der Waals surface area (Å²) in [6.45, 7) is 3.93. The summed E-state index contributed by atoms with van der Waals surface area (Å²) in [6, 6.07) is 12.2. The number of anilines is 1. The van der Waals surface area contributed by atoms with E-state index in [4.69, 9.17) is 16.7 Å². The zero-order chi connectivity index (χ0) is 24.8. The Kier molecular flexibility index (Phi) is 8.30. The van der Waals surface area contributed by atoms with Gasteiger partial charge in [-0.05, 0) is 48.4 Å². The normalized spacial score (nSPS) is 11.8. The molecule has 0 unspecified atom stereocenters. The van der Waals surface area contributed by atoms with Gasteiger partial charge in [-0.3, -0.25) is 9.59 Å². The molecule has 0 radical (unpaired) electrons. The van der Waals surface area contributed by atoms with Gasteiger partial charge < -0.3 is 20.3 Å². The van der Waals surface area contributed by atoms with Gasteiger partial charge >= 0.3 is 5.97 Å². The van der Waals surface area contributed by atoms with Gasteiger partial charge in [0, 0.05) is 23.3 Å². The summed E-state index contributed by atoms with van der Waals surface area (Å²) in [7, 11) is 1.77. The third kappa shape index (κ3) is 6.36. The van der Waals surface area contributed by atoms with Crippen molar-refractivity contribution in [2.75, 3.05) is 11.1 Å². The molecular weight excluding hydrogens is 478 g/mol. The summed E-state index contributed by atoms with van der Waals surface area (Å²) in [5.74, 6) is -0.993. The van der Waals surface area contributed by atoms with Crippen LogP contribution in [0.2, 0.25) is 5.02 Å². The molecule has 0 saturated heterocycles. The number of rotatable bonds is 9. The number of carbonyl (C=O) groups is 3. The molecule has 3 aromatic rings. The number of thioether (sulfide) groups is 1. The third-order valence-corrected chi connectivity index (χ3v) is 6.20. The van der Waals surface area contributed by atoms with Crippen LogP contribution in [-0.2, 0) is 11.8 Å². The Balaban J connectivity index is 1.65. The van der Waals surface area contributed by atoms with Crippen molar-refractivity contribution >= 4 is 46.8 Å². The minimum atomic E-state index is -1.07. The minimum Gasteiger partial charge on any atom is -0.478 e. The maximum absolute atomic E-state index is 12.7. The van der Waals surface area contributed by atoms with Crippen molar-refractivity contribution in [1.82, 2.24) is 20.1 Å². The maximum atomic E-state index is 12.7. The fourth-order valence-corrected chi connectivity index (χ4v) is 3.98. The Bertz CT molecular complexity index is 1200. The van der Waals surface area contributed by atoms with Crippen molar-refractivity contribution < 1.29 is 19.5 Å².